The van der Waals surface area contributed by atoms with Gasteiger partial charge in [-0.15, -0.1) is 0 Å². The van der Waals surface area contributed by atoms with Crippen LogP contribution in [0.25, 0.3) is 10.9 Å². The highest BCUT2D eigenvalue weighted by molar-refractivity contribution is 5.94. The van der Waals surface area contributed by atoms with E-state index in [1.165, 1.54) is 4.57 Å². The van der Waals surface area contributed by atoms with Crippen LogP contribution in [0.4, 0.5) is 5.69 Å². The van der Waals surface area contributed by atoms with Gasteiger partial charge < -0.3 is 15.4 Å². The molecule has 5 aromatic rings. The second-order valence-corrected chi connectivity index (χ2v) is 9.92. The third-order valence-corrected chi connectivity index (χ3v) is 6.94. The summed E-state index contributed by atoms with van der Waals surface area (Å²) in [4.78, 5) is 52.5. The van der Waals surface area contributed by atoms with Gasteiger partial charge in [0.2, 0.25) is 5.91 Å². The molecule has 0 saturated carbocycles. The van der Waals surface area contributed by atoms with Crippen LogP contribution in [0.5, 0.6) is 5.75 Å². The molecule has 212 valence electrons. The summed E-state index contributed by atoms with van der Waals surface area (Å²) in [5.41, 5.74) is 3.12. The highest BCUT2D eigenvalue weighted by atomic mass is 16.5. The minimum atomic E-state index is -0.608. The summed E-state index contributed by atoms with van der Waals surface area (Å²) in [7, 11) is 1.55. The number of nitrogens with zero attached hydrogens (tertiary/aromatic N) is 2. The lowest BCUT2D eigenvalue weighted by molar-refractivity contribution is -0.116. The number of aromatic nitrogens is 2. The lowest BCUT2D eigenvalue weighted by Crippen LogP contribution is -2.42. The van der Waals surface area contributed by atoms with Crippen molar-refractivity contribution in [1.29, 1.82) is 0 Å². The molecule has 0 radical (unpaired) electrons. The van der Waals surface area contributed by atoms with Crippen LogP contribution in [0.1, 0.15) is 27.0 Å². The number of para-hydroxylation sites is 1. The van der Waals surface area contributed by atoms with Gasteiger partial charge in [0.25, 0.3) is 11.5 Å². The average Bonchev–Trinajstić information content (AvgIpc) is 3.01. The van der Waals surface area contributed by atoms with E-state index in [0.29, 0.717) is 40.0 Å². The highest BCUT2D eigenvalue weighted by Crippen LogP contribution is 2.15. The summed E-state index contributed by atoms with van der Waals surface area (Å²) in [6, 6.07) is 28.2. The maximum absolute atomic E-state index is 13.6. The Bertz CT molecular complexity index is 1860. The van der Waals surface area contributed by atoms with Crippen LogP contribution < -0.4 is 26.6 Å². The molecule has 0 aliphatic carbocycles. The van der Waals surface area contributed by atoms with Crippen LogP contribution in [0.2, 0.25) is 0 Å². The number of nitrogens with one attached hydrogen (secondary N) is 2. The standard InChI is InChI=1S/C33H30N4O5/c1-22-7-9-23(10-8-22)19-34-31(39)25-13-11-24(12-14-25)20-37-32(40)28-5-3-4-6-29(28)36(33(37)41)21-30(38)35-26-15-17-27(42-2)18-16-26/h3-18H,19-21H2,1-2H3,(H,34,39)(H,35,38). The molecule has 0 aliphatic rings. The van der Waals surface area contributed by atoms with E-state index in [1.54, 1.807) is 79.9 Å². The van der Waals surface area contributed by atoms with Crippen molar-refractivity contribution in [1.82, 2.24) is 14.5 Å². The van der Waals surface area contributed by atoms with Crippen molar-refractivity contribution in [3.8, 4) is 5.75 Å². The molecule has 9 nitrogen and oxygen atoms in total. The SMILES string of the molecule is COc1ccc(NC(=O)Cn2c(=O)n(Cc3ccc(C(=O)NCc4ccc(C)cc4)cc3)c(=O)c3ccccc32)cc1. The maximum Gasteiger partial charge on any atom is 0.332 e. The van der Waals surface area contributed by atoms with Crippen LogP contribution in [-0.2, 0) is 24.4 Å². The number of carbonyl (C=O) groups is 2. The Labute approximate surface area is 242 Å². The summed E-state index contributed by atoms with van der Waals surface area (Å²) < 4.78 is 7.55. The number of hydrogen-bond acceptors (Lipinski definition) is 5. The first kappa shape index (κ1) is 28.1. The van der Waals surface area contributed by atoms with Crippen LogP contribution in [0, 0.1) is 6.92 Å². The number of amides is 2. The first-order chi connectivity index (χ1) is 20.3. The van der Waals surface area contributed by atoms with E-state index in [1.807, 2.05) is 31.2 Å². The van der Waals surface area contributed by atoms with Gasteiger partial charge in [-0.3, -0.25) is 23.5 Å². The van der Waals surface area contributed by atoms with Crippen LogP contribution in [0.3, 0.4) is 0 Å². The Hall–Kier alpha value is -5.44. The van der Waals surface area contributed by atoms with Crippen molar-refractivity contribution in [2.75, 3.05) is 12.4 Å². The summed E-state index contributed by atoms with van der Waals surface area (Å²) >= 11 is 0. The van der Waals surface area contributed by atoms with E-state index >= 15 is 0 Å². The first-order valence-electron chi connectivity index (χ1n) is 13.4. The minimum absolute atomic E-state index is 0.0200. The van der Waals surface area contributed by atoms with Crippen molar-refractivity contribution < 1.29 is 14.3 Å². The average molecular weight is 563 g/mol. The molecule has 1 heterocycles. The van der Waals surface area contributed by atoms with E-state index in [9.17, 15) is 19.2 Å². The zero-order valence-electron chi connectivity index (χ0n) is 23.3. The van der Waals surface area contributed by atoms with Crippen LogP contribution in [-0.4, -0.2) is 28.1 Å². The summed E-state index contributed by atoms with van der Waals surface area (Å²) in [5, 5.41) is 6.00. The molecule has 0 atom stereocenters. The molecule has 4 aromatic carbocycles. The third kappa shape index (κ3) is 6.31. The van der Waals surface area contributed by atoms with E-state index < -0.39 is 17.2 Å². The van der Waals surface area contributed by atoms with Crippen LogP contribution in [0.15, 0.2) is 107 Å². The fourth-order valence-electron chi connectivity index (χ4n) is 4.62. The molecular formula is C33H30N4O5. The van der Waals surface area contributed by atoms with Gasteiger partial charge in [-0.2, -0.15) is 0 Å². The lowest BCUT2D eigenvalue weighted by Gasteiger charge is -2.14. The Morgan fingerprint density at radius 1 is 0.786 bits per heavy atom. The number of fused-ring (bicyclic) bond motifs is 1. The number of aryl methyl sites for hydroxylation is 1. The quantitative estimate of drug-likeness (QED) is 0.281. The van der Waals surface area contributed by atoms with Gasteiger partial charge in [0, 0.05) is 17.8 Å². The molecular weight excluding hydrogens is 532 g/mol. The summed E-state index contributed by atoms with van der Waals surface area (Å²) in [6.07, 6.45) is 0. The van der Waals surface area contributed by atoms with Crippen molar-refractivity contribution in [3.63, 3.8) is 0 Å². The van der Waals surface area contributed by atoms with Crippen molar-refractivity contribution in [2.45, 2.75) is 26.6 Å². The third-order valence-electron chi connectivity index (χ3n) is 6.94. The number of methoxy groups -OCH3 is 1. The zero-order chi connectivity index (χ0) is 29.6. The minimum Gasteiger partial charge on any atom is -0.497 e. The van der Waals surface area contributed by atoms with Gasteiger partial charge in [0.1, 0.15) is 12.3 Å². The maximum atomic E-state index is 13.6. The highest BCUT2D eigenvalue weighted by Gasteiger charge is 2.16. The van der Waals surface area contributed by atoms with Gasteiger partial charge in [-0.05, 0) is 66.6 Å². The fraction of sp³-hybridized carbons (Fsp3) is 0.152. The predicted molar refractivity (Wildman–Crippen MR) is 162 cm³/mol. The van der Waals surface area contributed by atoms with E-state index in [4.69, 9.17) is 4.74 Å². The number of anilines is 1. The molecule has 2 amide bonds. The van der Waals surface area contributed by atoms with Crippen LogP contribution >= 0.6 is 0 Å². The summed E-state index contributed by atoms with van der Waals surface area (Å²) in [5.74, 6) is 0.00652. The van der Waals surface area contributed by atoms with Crippen molar-refractivity contribution in [2.24, 2.45) is 0 Å². The van der Waals surface area contributed by atoms with Gasteiger partial charge in [0.05, 0.1) is 24.6 Å². The second kappa shape index (κ2) is 12.4. The molecule has 0 bridgehead atoms. The number of ether oxygens (including phenoxy) is 1. The predicted octanol–water partition coefficient (Wildman–Crippen LogP) is 4.10. The molecule has 5 rings (SSSR count). The molecule has 9 heteroatoms. The molecule has 0 aliphatic heterocycles. The Kier molecular flexibility index (Phi) is 8.29. The lowest BCUT2D eigenvalue weighted by atomic mass is 10.1. The fourth-order valence-corrected chi connectivity index (χ4v) is 4.62. The monoisotopic (exact) mass is 562 g/mol. The van der Waals surface area contributed by atoms with Crippen molar-refractivity contribution >= 4 is 28.4 Å². The smallest absolute Gasteiger partial charge is 0.332 e. The first-order valence-corrected chi connectivity index (χ1v) is 13.4. The Morgan fingerprint density at radius 2 is 1.45 bits per heavy atom. The number of benzene rings is 4. The van der Waals surface area contributed by atoms with Crippen molar-refractivity contribution in [3.05, 3.63) is 140 Å². The van der Waals surface area contributed by atoms with Gasteiger partial charge >= 0.3 is 5.69 Å². The number of hydrogen-bond donors (Lipinski definition) is 2. The second-order valence-electron chi connectivity index (χ2n) is 9.92. The molecule has 0 saturated heterocycles. The molecule has 0 unspecified atom stereocenters. The number of carbonyl (C=O) groups excluding carboxylic acids is 2. The van der Waals surface area contributed by atoms with Gasteiger partial charge in [-0.1, -0.05) is 54.1 Å². The Balaban J connectivity index is 1.35. The van der Waals surface area contributed by atoms with E-state index in [-0.39, 0.29) is 19.0 Å². The molecule has 2 N–H and O–H groups in total. The molecule has 1 aromatic heterocycles. The summed E-state index contributed by atoms with van der Waals surface area (Å²) in [6.45, 7) is 2.10. The zero-order valence-corrected chi connectivity index (χ0v) is 23.3. The van der Waals surface area contributed by atoms with E-state index in [2.05, 4.69) is 10.6 Å². The largest absolute Gasteiger partial charge is 0.497 e. The topological polar surface area (TPSA) is 111 Å². The normalized spacial score (nSPS) is 10.8. The number of rotatable bonds is 9. The molecule has 0 spiro atoms. The Morgan fingerprint density at radius 3 is 2.14 bits per heavy atom. The van der Waals surface area contributed by atoms with E-state index in [0.717, 1.165) is 15.7 Å². The molecule has 42 heavy (non-hydrogen) atoms. The van der Waals surface area contributed by atoms with Gasteiger partial charge in [0.15, 0.2) is 0 Å². The van der Waals surface area contributed by atoms with Gasteiger partial charge in [-0.25, -0.2) is 4.79 Å². The molecule has 0 fully saturated rings.